The second-order valence-corrected chi connectivity index (χ2v) is 9.19. The van der Waals surface area contributed by atoms with Gasteiger partial charge in [-0.3, -0.25) is 14.6 Å². The van der Waals surface area contributed by atoms with E-state index in [1.54, 1.807) is 7.11 Å². The number of carbonyl (C=O) groups excluding carboxylic acids is 1. The van der Waals surface area contributed by atoms with Gasteiger partial charge < -0.3 is 14.5 Å². The second kappa shape index (κ2) is 11.6. The summed E-state index contributed by atoms with van der Waals surface area (Å²) in [5, 5.41) is 0. The Hall–Kier alpha value is -2.41. The number of ether oxygens (including phenoxy) is 1. The smallest absolute Gasteiger partial charge is 0.236 e. The summed E-state index contributed by atoms with van der Waals surface area (Å²) < 4.78 is 5.55. The van der Waals surface area contributed by atoms with Gasteiger partial charge in [-0.1, -0.05) is 48.5 Å². The van der Waals surface area contributed by atoms with Crippen molar-refractivity contribution in [2.24, 2.45) is 0 Å². The molecule has 6 nitrogen and oxygen atoms in total. The van der Waals surface area contributed by atoms with E-state index in [4.69, 9.17) is 4.74 Å². The molecule has 0 aliphatic carbocycles. The summed E-state index contributed by atoms with van der Waals surface area (Å²) in [6.45, 7) is 11.3. The first-order valence-corrected chi connectivity index (χ1v) is 12.3. The lowest BCUT2D eigenvalue weighted by atomic mass is 10.0. The van der Waals surface area contributed by atoms with E-state index in [0.29, 0.717) is 6.54 Å². The molecule has 2 aromatic carbocycles. The third-order valence-electron chi connectivity index (χ3n) is 7.19. The van der Waals surface area contributed by atoms with Crippen LogP contribution in [0.4, 0.5) is 0 Å². The summed E-state index contributed by atoms with van der Waals surface area (Å²) in [7, 11) is 1.73. The van der Waals surface area contributed by atoms with Crippen molar-refractivity contribution in [1.29, 1.82) is 0 Å². The lowest BCUT2D eigenvalue weighted by molar-refractivity contribution is -0.134. The molecule has 0 spiro atoms. The molecule has 2 aliphatic rings. The van der Waals surface area contributed by atoms with Crippen molar-refractivity contribution in [3.63, 3.8) is 0 Å². The quantitative estimate of drug-likeness (QED) is 0.619. The van der Waals surface area contributed by atoms with Gasteiger partial charge in [0.15, 0.2) is 0 Å². The second-order valence-electron chi connectivity index (χ2n) is 9.19. The molecule has 0 aromatic heterocycles. The monoisotopic (exact) mass is 450 g/mol. The normalized spacial score (nSPS) is 19.4. The number of para-hydroxylation sites is 1. The number of hydrogen-bond acceptors (Lipinski definition) is 5. The van der Waals surface area contributed by atoms with Crippen molar-refractivity contribution >= 4 is 5.91 Å². The van der Waals surface area contributed by atoms with Gasteiger partial charge in [-0.2, -0.15) is 0 Å². The fourth-order valence-electron chi connectivity index (χ4n) is 4.96. The first-order chi connectivity index (χ1) is 16.1. The highest BCUT2D eigenvalue weighted by Gasteiger charge is 2.27. The van der Waals surface area contributed by atoms with Crippen LogP contribution in [0.3, 0.4) is 0 Å². The van der Waals surface area contributed by atoms with Gasteiger partial charge in [-0.05, 0) is 25.0 Å². The Morgan fingerprint density at radius 2 is 1.48 bits per heavy atom. The Labute approximate surface area is 198 Å². The highest BCUT2D eigenvalue weighted by Crippen LogP contribution is 2.29. The van der Waals surface area contributed by atoms with Crippen molar-refractivity contribution in [3.05, 3.63) is 65.7 Å². The topological polar surface area (TPSA) is 39.3 Å². The van der Waals surface area contributed by atoms with Crippen molar-refractivity contribution in [2.75, 3.05) is 72.6 Å². The zero-order valence-corrected chi connectivity index (χ0v) is 20.2. The molecule has 2 aromatic rings. The molecule has 178 valence electrons. The van der Waals surface area contributed by atoms with Crippen LogP contribution in [0.2, 0.25) is 0 Å². The molecule has 2 saturated heterocycles. The molecule has 0 bridgehead atoms. The lowest BCUT2D eigenvalue weighted by Gasteiger charge is -2.40. The molecule has 2 aliphatic heterocycles. The highest BCUT2D eigenvalue weighted by atomic mass is 16.5. The third-order valence-corrected chi connectivity index (χ3v) is 7.19. The predicted molar refractivity (Wildman–Crippen MR) is 133 cm³/mol. The van der Waals surface area contributed by atoms with Crippen LogP contribution in [-0.4, -0.2) is 98.1 Å². The van der Waals surface area contributed by atoms with Gasteiger partial charge in [0.2, 0.25) is 5.91 Å². The fourth-order valence-corrected chi connectivity index (χ4v) is 4.96. The van der Waals surface area contributed by atoms with E-state index < -0.39 is 0 Å². The molecule has 0 N–H and O–H groups in total. The lowest BCUT2D eigenvalue weighted by Crippen LogP contribution is -2.54. The van der Waals surface area contributed by atoms with Crippen molar-refractivity contribution < 1.29 is 9.53 Å². The Morgan fingerprint density at radius 1 is 0.848 bits per heavy atom. The number of nitrogens with zero attached hydrogens (tertiary/aromatic N) is 4. The standard InChI is InChI=1S/C27H38N4O2/c1-23(25-10-6-7-11-26(25)33-2)30-18-20-31(21-19-30)27(32)22-29-16-14-28(15-17-29)13-12-24-8-4-3-5-9-24/h3-11,23H,12-22H2,1-2H3. The molecule has 33 heavy (non-hydrogen) atoms. The van der Waals surface area contributed by atoms with Gasteiger partial charge in [0.1, 0.15) is 5.75 Å². The van der Waals surface area contributed by atoms with Gasteiger partial charge in [0, 0.05) is 70.5 Å². The summed E-state index contributed by atoms with van der Waals surface area (Å²) in [5.41, 5.74) is 2.61. The molecule has 2 fully saturated rings. The number of rotatable bonds is 8. The molecule has 1 amide bonds. The van der Waals surface area contributed by atoms with Crippen LogP contribution in [0.1, 0.15) is 24.1 Å². The van der Waals surface area contributed by atoms with Crippen molar-refractivity contribution in [1.82, 2.24) is 19.6 Å². The number of carbonyl (C=O) groups is 1. The van der Waals surface area contributed by atoms with Crippen LogP contribution in [0, 0.1) is 0 Å². The maximum absolute atomic E-state index is 12.9. The SMILES string of the molecule is COc1ccccc1C(C)N1CCN(C(=O)CN2CCN(CCc3ccccc3)CC2)CC1. The molecule has 2 heterocycles. The largest absolute Gasteiger partial charge is 0.496 e. The van der Waals surface area contributed by atoms with Gasteiger partial charge >= 0.3 is 0 Å². The van der Waals surface area contributed by atoms with Gasteiger partial charge in [-0.15, -0.1) is 0 Å². The molecular weight excluding hydrogens is 412 g/mol. The van der Waals surface area contributed by atoms with Crippen LogP contribution in [0.25, 0.3) is 0 Å². The van der Waals surface area contributed by atoms with Gasteiger partial charge in [0.25, 0.3) is 0 Å². The molecule has 0 saturated carbocycles. The summed E-state index contributed by atoms with van der Waals surface area (Å²) in [5.74, 6) is 1.21. The summed E-state index contributed by atoms with van der Waals surface area (Å²) in [6, 6.07) is 19.2. The van der Waals surface area contributed by atoms with Gasteiger partial charge in [0.05, 0.1) is 13.7 Å². The van der Waals surface area contributed by atoms with Crippen molar-refractivity contribution in [3.8, 4) is 5.75 Å². The minimum absolute atomic E-state index is 0.275. The van der Waals surface area contributed by atoms with E-state index in [-0.39, 0.29) is 11.9 Å². The van der Waals surface area contributed by atoms with Crippen LogP contribution in [0.5, 0.6) is 5.75 Å². The van der Waals surface area contributed by atoms with Crippen LogP contribution < -0.4 is 4.74 Å². The Balaban J connectivity index is 1.18. The average molecular weight is 451 g/mol. The molecule has 6 heteroatoms. The molecule has 1 unspecified atom stereocenters. The van der Waals surface area contributed by atoms with Gasteiger partial charge in [-0.25, -0.2) is 0 Å². The van der Waals surface area contributed by atoms with E-state index in [9.17, 15) is 4.79 Å². The Bertz CT molecular complexity index is 875. The number of piperazine rings is 2. The van der Waals surface area contributed by atoms with Crippen LogP contribution in [-0.2, 0) is 11.2 Å². The number of benzene rings is 2. The minimum Gasteiger partial charge on any atom is -0.496 e. The van der Waals surface area contributed by atoms with E-state index in [1.165, 1.54) is 11.1 Å². The third kappa shape index (κ3) is 6.34. The maximum Gasteiger partial charge on any atom is 0.236 e. The average Bonchev–Trinajstić information content (AvgIpc) is 2.88. The van der Waals surface area contributed by atoms with E-state index in [2.05, 4.69) is 64.1 Å². The molecule has 1 atom stereocenters. The van der Waals surface area contributed by atoms with Crippen molar-refractivity contribution in [2.45, 2.75) is 19.4 Å². The van der Waals surface area contributed by atoms with E-state index >= 15 is 0 Å². The first-order valence-electron chi connectivity index (χ1n) is 12.3. The molecule has 0 radical (unpaired) electrons. The predicted octanol–water partition coefficient (Wildman–Crippen LogP) is 2.76. The highest BCUT2D eigenvalue weighted by molar-refractivity contribution is 5.78. The molecule has 4 rings (SSSR count). The van der Waals surface area contributed by atoms with Crippen LogP contribution >= 0.6 is 0 Å². The van der Waals surface area contributed by atoms with E-state index in [1.807, 2.05) is 17.0 Å². The number of hydrogen-bond donors (Lipinski definition) is 0. The maximum atomic E-state index is 12.9. The first kappa shape index (κ1) is 23.7. The number of methoxy groups -OCH3 is 1. The summed E-state index contributed by atoms with van der Waals surface area (Å²) in [6.07, 6.45) is 1.09. The Morgan fingerprint density at radius 3 is 2.18 bits per heavy atom. The zero-order valence-electron chi connectivity index (χ0n) is 20.2. The molecular formula is C27H38N4O2. The van der Waals surface area contributed by atoms with Crippen LogP contribution in [0.15, 0.2) is 54.6 Å². The summed E-state index contributed by atoms with van der Waals surface area (Å²) in [4.78, 5) is 22.3. The van der Waals surface area contributed by atoms with E-state index in [0.717, 1.165) is 71.1 Å². The minimum atomic E-state index is 0.275. The summed E-state index contributed by atoms with van der Waals surface area (Å²) >= 11 is 0. The number of amides is 1. The zero-order chi connectivity index (χ0) is 23.0. The fraction of sp³-hybridized carbons (Fsp3) is 0.519. The Kier molecular flexibility index (Phi) is 8.37.